The van der Waals surface area contributed by atoms with Crippen molar-refractivity contribution in [2.45, 2.75) is 32.9 Å². The first-order chi connectivity index (χ1) is 18.3. The Morgan fingerprint density at radius 3 is 2.50 bits per heavy atom. The van der Waals surface area contributed by atoms with Crippen molar-refractivity contribution >= 4 is 34.6 Å². The molecule has 3 heterocycles. The van der Waals surface area contributed by atoms with Gasteiger partial charge < -0.3 is 24.7 Å². The fraction of sp³-hybridized carbons (Fsp3) is 0.233. The predicted octanol–water partition coefficient (Wildman–Crippen LogP) is 6.51. The summed E-state index contributed by atoms with van der Waals surface area (Å²) in [6.07, 6.45) is 1.77. The highest BCUT2D eigenvalue weighted by molar-refractivity contribution is 7.80. The first kappa shape index (κ1) is 25.5. The molecule has 2 aromatic heterocycles. The van der Waals surface area contributed by atoms with Crippen molar-refractivity contribution in [3.05, 3.63) is 96.5 Å². The van der Waals surface area contributed by atoms with Gasteiger partial charge in [-0.05, 0) is 48.6 Å². The second-order valence-corrected chi connectivity index (χ2v) is 10.5. The van der Waals surface area contributed by atoms with Crippen molar-refractivity contribution in [2.24, 2.45) is 5.41 Å². The quantitative estimate of drug-likeness (QED) is 0.277. The van der Waals surface area contributed by atoms with Crippen LogP contribution in [0.3, 0.4) is 0 Å². The fourth-order valence-corrected chi connectivity index (χ4v) is 4.78. The molecule has 0 saturated carbocycles. The number of methoxy groups -OCH3 is 1. The van der Waals surface area contributed by atoms with Crippen LogP contribution in [0.25, 0.3) is 11.3 Å². The van der Waals surface area contributed by atoms with Crippen molar-refractivity contribution in [1.29, 1.82) is 0 Å². The highest BCUT2D eigenvalue weighted by Gasteiger charge is 2.43. The van der Waals surface area contributed by atoms with Crippen LogP contribution in [0.2, 0.25) is 0 Å². The molecule has 7 nitrogen and oxygen atoms in total. The SMILES string of the molecule is COc1cc(N2C(=S)NC(c3ccccn3)C2c2ccc(-c3ccccc3)o2)ccc1NC(=O)C(C)(C)C. The molecule has 1 aliphatic heterocycles. The normalized spacial score (nSPS) is 17.3. The van der Waals surface area contributed by atoms with Crippen molar-refractivity contribution in [3.8, 4) is 17.1 Å². The maximum Gasteiger partial charge on any atom is 0.229 e. The molecule has 1 saturated heterocycles. The summed E-state index contributed by atoms with van der Waals surface area (Å²) in [6.45, 7) is 5.60. The molecule has 1 fully saturated rings. The lowest BCUT2D eigenvalue weighted by molar-refractivity contribution is -0.123. The average Bonchev–Trinajstić information content (AvgIpc) is 3.54. The molecule has 1 aliphatic rings. The van der Waals surface area contributed by atoms with Gasteiger partial charge in [-0.2, -0.15) is 0 Å². The van der Waals surface area contributed by atoms with Gasteiger partial charge in [0.1, 0.15) is 23.3 Å². The first-order valence-corrected chi connectivity index (χ1v) is 12.8. The minimum atomic E-state index is -0.541. The maximum absolute atomic E-state index is 12.6. The van der Waals surface area contributed by atoms with E-state index in [2.05, 4.69) is 15.6 Å². The second kappa shape index (κ2) is 10.3. The number of furan rings is 1. The number of aromatic nitrogens is 1. The van der Waals surface area contributed by atoms with Crippen molar-refractivity contribution in [2.75, 3.05) is 17.3 Å². The Labute approximate surface area is 227 Å². The molecule has 2 N–H and O–H groups in total. The zero-order valence-electron chi connectivity index (χ0n) is 21.8. The third kappa shape index (κ3) is 4.99. The van der Waals surface area contributed by atoms with E-state index in [4.69, 9.17) is 21.4 Å². The van der Waals surface area contributed by atoms with Gasteiger partial charge in [0, 0.05) is 28.9 Å². The van der Waals surface area contributed by atoms with Gasteiger partial charge in [0.05, 0.1) is 24.5 Å². The van der Waals surface area contributed by atoms with Crippen LogP contribution in [-0.4, -0.2) is 23.1 Å². The number of benzene rings is 2. The Bertz CT molecular complexity index is 1450. The van der Waals surface area contributed by atoms with Gasteiger partial charge in [0.2, 0.25) is 5.91 Å². The lowest BCUT2D eigenvalue weighted by atomic mass is 9.95. The first-order valence-electron chi connectivity index (χ1n) is 12.4. The van der Waals surface area contributed by atoms with Gasteiger partial charge in [0.15, 0.2) is 5.11 Å². The molecule has 0 spiro atoms. The molecule has 0 radical (unpaired) electrons. The number of ether oxygens (including phenoxy) is 1. The van der Waals surface area contributed by atoms with Crippen molar-refractivity contribution < 1.29 is 13.9 Å². The molecule has 0 aliphatic carbocycles. The lowest BCUT2D eigenvalue weighted by Gasteiger charge is -2.27. The monoisotopic (exact) mass is 526 g/mol. The van der Waals surface area contributed by atoms with Gasteiger partial charge >= 0.3 is 0 Å². The lowest BCUT2D eigenvalue weighted by Crippen LogP contribution is -2.30. The number of anilines is 2. The van der Waals surface area contributed by atoms with E-state index in [0.717, 1.165) is 28.5 Å². The smallest absolute Gasteiger partial charge is 0.229 e. The van der Waals surface area contributed by atoms with E-state index < -0.39 is 5.41 Å². The van der Waals surface area contributed by atoms with E-state index in [0.29, 0.717) is 16.5 Å². The molecule has 8 heteroatoms. The van der Waals surface area contributed by atoms with Crippen LogP contribution in [0.5, 0.6) is 5.75 Å². The molecule has 2 unspecified atom stereocenters. The highest BCUT2D eigenvalue weighted by Crippen LogP contribution is 2.44. The summed E-state index contributed by atoms with van der Waals surface area (Å²) in [5, 5.41) is 6.95. The summed E-state index contributed by atoms with van der Waals surface area (Å²) in [5.74, 6) is 1.96. The Morgan fingerprint density at radius 1 is 1.05 bits per heavy atom. The van der Waals surface area contributed by atoms with Crippen LogP contribution in [0.4, 0.5) is 11.4 Å². The second-order valence-electron chi connectivity index (χ2n) is 10.2. The molecular weight excluding hydrogens is 496 g/mol. The number of pyridine rings is 1. The van der Waals surface area contributed by atoms with Crippen molar-refractivity contribution in [3.63, 3.8) is 0 Å². The molecule has 0 bridgehead atoms. The number of hydrogen-bond acceptors (Lipinski definition) is 5. The zero-order valence-corrected chi connectivity index (χ0v) is 22.6. The molecule has 4 aromatic rings. The summed E-state index contributed by atoms with van der Waals surface area (Å²) in [4.78, 5) is 19.2. The number of nitrogens with zero attached hydrogens (tertiary/aromatic N) is 2. The van der Waals surface area contributed by atoms with E-state index in [1.165, 1.54) is 0 Å². The van der Waals surface area contributed by atoms with Crippen LogP contribution in [0.15, 0.2) is 89.5 Å². The van der Waals surface area contributed by atoms with E-state index in [1.54, 1.807) is 13.3 Å². The van der Waals surface area contributed by atoms with Gasteiger partial charge in [-0.3, -0.25) is 9.78 Å². The molecule has 5 rings (SSSR count). The van der Waals surface area contributed by atoms with Gasteiger partial charge in [-0.1, -0.05) is 57.2 Å². The van der Waals surface area contributed by atoms with E-state index in [-0.39, 0.29) is 18.0 Å². The van der Waals surface area contributed by atoms with Gasteiger partial charge in [-0.25, -0.2) is 0 Å². The summed E-state index contributed by atoms with van der Waals surface area (Å²) >= 11 is 5.84. The molecule has 2 atom stereocenters. The number of carbonyl (C=O) groups excluding carboxylic acids is 1. The number of rotatable bonds is 6. The largest absolute Gasteiger partial charge is 0.494 e. The molecule has 2 aromatic carbocycles. The number of carbonyl (C=O) groups is 1. The van der Waals surface area contributed by atoms with Gasteiger partial charge in [0.25, 0.3) is 0 Å². The predicted molar refractivity (Wildman–Crippen MR) is 153 cm³/mol. The maximum atomic E-state index is 12.6. The third-order valence-corrected chi connectivity index (χ3v) is 6.78. The van der Waals surface area contributed by atoms with Gasteiger partial charge in [-0.15, -0.1) is 0 Å². The summed E-state index contributed by atoms with van der Waals surface area (Å²) in [5.41, 5.74) is 2.70. The molecule has 1 amide bonds. The Hall–Kier alpha value is -4.17. The number of hydrogen-bond donors (Lipinski definition) is 2. The molecular formula is C30H30N4O3S. The van der Waals surface area contributed by atoms with Crippen LogP contribution in [0.1, 0.15) is 44.3 Å². The fourth-order valence-electron chi connectivity index (χ4n) is 4.43. The highest BCUT2D eigenvalue weighted by atomic mass is 32.1. The standard InChI is InChI=1S/C30H30N4O3S/c1-30(2,3)28(35)32-21-14-13-20(18-25(21)36-4)34-27(26(33-29(34)38)22-12-8-9-17-31-22)24-16-15-23(37-24)19-10-6-5-7-11-19/h5-18,26-27H,1-4H3,(H,32,35)(H,33,38). The third-order valence-electron chi connectivity index (χ3n) is 6.47. The van der Waals surface area contributed by atoms with Crippen LogP contribution in [0, 0.1) is 5.41 Å². The average molecular weight is 527 g/mol. The summed E-state index contributed by atoms with van der Waals surface area (Å²) < 4.78 is 12.1. The number of nitrogens with one attached hydrogen (secondary N) is 2. The van der Waals surface area contributed by atoms with Crippen LogP contribution < -0.4 is 20.3 Å². The minimum Gasteiger partial charge on any atom is -0.494 e. The topological polar surface area (TPSA) is 79.6 Å². The van der Waals surface area contributed by atoms with Crippen LogP contribution >= 0.6 is 12.2 Å². The van der Waals surface area contributed by atoms with E-state index in [1.807, 2.05) is 105 Å². The Balaban J connectivity index is 1.56. The summed E-state index contributed by atoms with van der Waals surface area (Å²) in [6, 6.07) is 24.8. The number of amides is 1. The van der Waals surface area contributed by atoms with E-state index >= 15 is 0 Å². The summed E-state index contributed by atoms with van der Waals surface area (Å²) in [7, 11) is 1.58. The minimum absolute atomic E-state index is 0.0981. The number of thiocarbonyl (C=S) groups is 1. The van der Waals surface area contributed by atoms with Crippen LogP contribution in [-0.2, 0) is 4.79 Å². The Kier molecular flexibility index (Phi) is 6.91. The molecule has 194 valence electrons. The van der Waals surface area contributed by atoms with E-state index in [9.17, 15) is 4.79 Å². The zero-order chi connectivity index (χ0) is 26.9. The van der Waals surface area contributed by atoms with Crippen molar-refractivity contribution in [1.82, 2.24) is 10.3 Å². The Morgan fingerprint density at radius 2 is 1.82 bits per heavy atom. The molecule has 38 heavy (non-hydrogen) atoms.